The molecule has 0 bridgehead atoms. The van der Waals surface area contributed by atoms with Crippen LogP contribution in [-0.4, -0.2) is 37.7 Å². The number of aryl methyl sites for hydroxylation is 2. The van der Waals surface area contributed by atoms with E-state index >= 15 is 0 Å². The number of rotatable bonds is 7. The first kappa shape index (κ1) is 20.9. The lowest BCUT2D eigenvalue weighted by Crippen LogP contribution is -2.20. The van der Waals surface area contributed by atoms with Gasteiger partial charge in [0.05, 0.1) is 11.7 Å². The zero-order chi connectivity index (χ0) is 22.5. The fourth-order valence-corrected chi connectivity index (χ4v) is 3.10. The van der Waals surface area contributed by atoms with Gasteiger partial charge in [0, 0.05) is 23.6 Å². The molecule has 32 heavy (non-hydrogen) atoms. The molecular weight excluding hydrogens is 408 g/mol. The van der Waals surface area contributed by atoms with E-state index in [9.17, 15) is 4.79 Å². The molecule has 0 atom stereocenters. The molecule has 0 saturated heterocycles. The molecular formula is C23H22N6O3. The van der Waals surface area contributed by atoms with E-state index in [-0.39, 0.29) is 6.54 Å². The smallest absolute Gasteiger partial charge is 0.404 e. The van der Waals surface area contributed by atoms with E-state index in [0.717, 1.165) is 39.4 Å². The summed E-state index contributed by atoms with van der Waals surface area (Å²) < 4.78 is 5.93. The Bertz CT molecular complexity index is 1280. The number of carbonyl (C=O) groups is 1. The van der Waals surface area contributed by atoms with Crippen LogP contribution in [0, 0.1) is 13.8 Å². The molecule has 3 heterocycles. The molecule has 4 rings (SSSR count). The summed E-state index contributed by atoms with van der Waals surface area (Å²) >= 11 is 0. The molecule has 0 aliphatic rings. The molecule has 0 aliphatic heterocycles. The number of amides is 1. The number of ether oxygens (including phenoxy) is 1. The van der Waals surface area contributed by atoms with Crippen molar-refractivity contribution in [3.63, 3.8) is 0 Å². The Morgan fingerprint density at radius 3 is 2.78 bits per heavy atom. The fraction of sp³-hybridized carbons (Fsp3) is 0.130. The standard InChI is InChI=1S/C23H22N6O3/c1-14-10-17(6-8-20(14)32-18-7-5-15(2)25-12-18)29-22-21-19(26-13-27-22)11-16(28-21)4-3-9-24-23(30)31/h3-8,10-13,24,28H,9H2,1-2H3,(H,30,31)(H,26,27,29). The number of nitrogens with zero attached hydrogens (tertiary/aromatic N) is 3. The molecule has 4 N–H and O–H groups in total. The minimum atomic E-state index is -1.06. The first-order chi connectivity index (χ1) is 15.5. The first-order valence-corrected chi connectivity index (χ1v) is 9.93. The topological polar surface area (TPSA) is 125 Å². The Kier molecular flexibility index (Phi) is 5.98. The van der Waals surface area contributed by atoms with Crippen LogP contribution < -0.4 is 15.4 Å². The summed E-state index contributed by atoms with van der Waals surface area (Å²) in [5.41, 5.74) is 5.04. The number of aromatic nitrogens is 4. The second kappa shape index (κ2) is 9.17. The van der Waals surface area contributed by atoms with Gasteiger partial charge in [0.25, 0.3) is 0 Å². The molecule has 0 fully saturated rings. The summed E-state index contributed by atoms with van der Waals surface area (Å²) in [6, 6.07) is 11.5. The van der Waals surface area contributed by atoms with Crippen LogP contribution in [0.1, 0.15) is 17.0 Å². The lowest BCUT2D eigenvalue weighted by molar-refractivity contribution is 0.195. The van der Waals surface area contributed by atoms with Crippen molar-refractivity contribution in [1.29, 1.82) is 0 Å². The van der Waals surface area contributed by atoms with Crippen molar-refractivity contribution in [2.75, 3.05) is 11.9 Å². The number of hydrogen-bond acceptors (Lipinski definition) is 6. The molecule has 0 saturated carbocycles. The SMILES string of the molecule is Cc1ccc(Oc2ccc(Nc3ncnc4cc(C=CCNC(=O)O)[nH]c34)cc2C)cn1. The van der Waals surface area contributed by atoms with E-state index in [1.165, 1.54) is 6.33 Å². The zero-order valence-corrected chi connectivity index (χ0v) is 17.6. The average molecular weight is 430 g/mol. The van der Waals surface area contributed by atoms with Gasteiger partial charge in [-0.25, -0.2) is 14.8 Å². The van der Waals surface area contributed by atoms with E-state index in [1.807, 2.05) is 50.2 Å². The van der Waals surface area contributed by atoms with Crippen molar-refractivity contribution < 1.29 is 14.6 Å². The van der Waals surface area contributed by atoms with Crippen LogP contribution in [0.5, 0.6) is 11.5 Å². The number of anilines is 2. The maximum absolute atomic E-state index is 10.5. The van der Waals surface area contributed by atoms with Crippen molar-refractivity contribution in [2.45, 2.75) is 13.8 Å². The zero-order valence-electron chi connectivity index (χ0n) is 17.6. The highest BCUT2D eigenvalue weighted by Crippen LogP contribution is 2.29. The van der Waals surface area contributed by atoms with Crippen molar-refractivity contribution in [3.8, 4) is 11.5 Å². The van der Waals surface area contributed by atoms with Gasteiger partial charge >= 0.3 is 6.09 Å². The predicted octanol–water partition coefficient (Wildman–Crippen LogP) is 4.79. The third-order valence-corrected chi connectivity index (χ3v) is 4.66. The van der Waals surface area contributed by atoms with Crippen molar-refractivity contribution in [3.05, 3.63) is 71.9 Å². The molecule has 0 unspecified atom stereocenters. The summed E-state index contributed by atoms with van der Waals surface area (Å²) in [6.07, 6.45) is 5.63. The Balaban J connectivity index is 1.50. The van der Waals surface area contributed by atoms with Gasteiger partial charge in [-0.3, -0.25) is 4.98 Å². The first-order valence-electron chi connectivity index (χ1n) is 9.93. The molecule has 0 radical (unpaired) electrons. The second-order valence-electron chi connectivity index (χ2n) is 7.14. The normalized spacial score (nSPS) is 11.1. The van der Waals surface area contributed by atoms with Crippen LogP contribution in [-0.2, 0) is 0 Å². The molecule has 1 aromatic carbocycles. The lowest BCUT2D eigenvalue weighted by Gasteiger charge is -2.12. The fourth-order valence-electron chi connectivity index (χ4n) is 3.10. The van der Waals surface area contributed by atoms with Crippen LogP contribution >= 0.6 is 0 Å². The maximum Gasteiger partial charge on any atom is 0.404 e. The third-order valence-electron chi connectivity index (χ3n) is 4.66. The minimum absolute atomic E-state index is 0.216. The van der Waals surface area contributed by atoms with Gasteiger partial charge in [0.1, 0.15) is 23.3 Å². The molecule has 162 valence electrons. The van der Waals surface area contributed by atoms with Gasteiger partial charge in [0.2, 0.25) is 0 Å². The summed E-state index contributed by atoms with van der Waals surface area (Å²) in [4.78, 5) is 26.7. The summed E-state index contributed by atoms with van der Waals surface area (Å²) in [5.74, 6) is 2.06. The Morgan fingerprint density at radius 2 is 2.03 bits per heavy atom. The van der Waals surface area contributed by atoms with E-state index in [1.54, 1.807) is 18.3 Å². The Hall–Kier alpha value is -4.40. The molecule has 0 aliphatic carbocycles. The highest BCUT2D eigenvalue weighted by molar-refractivity contribution is 5.89. The van der Waals surface area contributed by atoms with E-state index < -0.39 is 6.09 Å². The van der Waals surface area contributed by atoms with Crippen LogP contribution in [0.4, 0.5) is 16.3 Å². The van der Waals surface area contributed by atoms with Gasteiger partial charge in [-0.15, -0.1) is 0 Å². The van der Waals surface area contributed by atoms with Gasteiger partial charge in [0.15, 0.2) is 5.82 Å². The molecule has 9 nitrogen and oxygen atoms in total. The second-order valence-corrected chi connectivity index (χ2v) is 7.14. The highest BCUT2D eigenvalue weighted by atomic mass is 16.5. The molecule has 9 heteroatoms. The Labute approximate surface area is 184 Å². The maximum atomic E-state index is 10.5. The van der Waals surface area contributed by atoms with E-state index in [4.69, 9.17) is 9.84 Å². The monoisotopic (exact) mass is 430 g/mol. The number of aromatic amines is 1. The van der Waals surface area contributed by atoms with Crippen LogP contribution in [0.25, 0.3) is 17.1 Å². The molecule has 3 aromatic heterocycles. The van der Waals surface area contributed by atoms with Gasteiger partial charge in [-0.2, -0.15) is 0 Å². The van der Waals surface area contributed by atoms with Crippen LogP contribution in [0.2, 0.25) is 0 Å². The number of nitrogens with one attached hydrogen (secondary N) is 3. The number of H-pyrrole nitrogens is 1. The summed E-state index contributed by atoms with van der Waals surface area (Å²) in [6.45, 7) is 4.12. The number of pyridine rings is 1. The quantitative estimate of drug-likeness (QED) is 0.332. The molecule has 1 amide bonds. The van der Waals surface area contributed by atoms with Gasteiger partial charge < -0.3 is 25.5 Å². The molecule has 4 aromatic rings. The number of carboxylic acid groups (broad SMARTS) is 1. The van der Waals surface area contributed by atoms with Crippen molar-refractivity contribution in [2.24, 2.45) is 0 Å². The average Bonchev–Trinajstić information content (AvgIpc) is 3.19. The van der Waals surface area contributed by atoms with Crippen LogP contribution in [0.15, 0.2) is 55.0 Å². The Morgan fingerprint density at radius 1 is 1.16 bits per heavy atom. The van der Waals surface area contributed by atoms with Gasteiger partial charge in [-0.1, -0.05) is 6.08 Å². The van der Waals surface area contributed by atoms with E-state index in [0.29, 0.717) is 11.6 Å². The lowest BCUT2D eigenvalue weighted by atomic mass is 10.2. The van der Waals surface area contributed by atoms with Gasteiger partial charge in [-0.05, 0) is 61.9 Å². The predicted molar refractivity (Wildman–Crippen MR) is 122 cm³/mol. The van der Waals surface area contributed by atoms with Crippen LogP contribution in [0.3, 0.4) is 0 Å². The van der Waals surface area contributed by atoms with Crippen molar-refractivity contribution >= 4 is 34.7 Å². The summed E-state index contributed by atoms with van der Waals surface area (Å²) in [5, 5.41) is 14.2. The largest absolute Gasteiger partial charge is 0.465 e. The number of fused-ring (bicyclic) bond motifs is 1. The minimum Gasteiger partial charge on any atom is -0.465 e. The number of benzene rings is 1. The molecule has 0 spiro atoms. The number of hydrogen-bond donors (Lipinski definition) is 4. The third kappa shape index (κ3) is 5.01. The van der Waals surface area contributed by atoms with E-state index in [2.05, 4.69) is 30.6 Å². The highest BCUT2D eigenvalue weighted by Gasteiger charge is 2.09. The summed E-state index contributed by atoms with van der Waals surface area (Å²) in [7, 11) is 0. The van der Waals surface area contributed by atoms with Crippen molar-refractivity contribution in [1.82, 2.24) is 25.3 Å².